The van der Waals surface area contributed by atoms with E-state index in [1.54, 1.807) is 20.4 Å². The lowest BCUT2D eigenvalue weighted by Gasteiger charge is -2.40. The Morgan fingerprint density at radius 1 is 1.19 bits per heavy atom. The molecule has 0 N–H and O–H groups in total. The van der Waals surface area contributed by atoms with Crippen molar-refractivity contribution in [3.05, 3.63) is 23.8 Å². The molecule has 1 saturated heterocycles. The first kappa shape index (κ1) is 20.6. The largest absolute Gasteiger partial charge is 0.378 e. The highest BCUT2D eigenvalue weighted by atomic mass is 16.7. The zero-order valence-corrected chi connectivity index (χ0v) is 16.2. The monoisotopic (exact) mass is 382 g/mol. The zero-order chi connectivity index (χ0) is 19.0. The first-order valence-electron chi connectivity index (χ1n) is 9.51. The molecular formula is C19H30N2O6. The summed E-state index contributed by atoms with van der Waals surface area (Å²) < 4.78 is 33.0. The maximum atomic E-state index is 5.90. The van der Waals surface area contributed by atoms with Crippen LogP contribution in [0.1, 0.15) is 37.1 Å². The topological polar surface area (TPSA) is 81.2 Å². The summed E-state index contributed by atoms with van der Waals surface area (Å²) in [5.41, 5.74) is 0.608. The van der Waals surface area contributed by atoms with Crippen molar-refractivity contribution in [3.63, 3.8) is 0 Å². The fraction of sp³-hybridized carbons (Fsp3) is 0.789. The van der Waals surface area contributed by atoms with Gasteiger partial charge in [0, 0.05) is 20.4 Å². The summed E-state index contributed by atoms with van der Waals surface area (Å²) in [6.07, 6.45) is 4.51. The molecule has 1 saturated carbocycles. The van der Waals surface area contributed by atoms with Crippen LogP contribution in [0, 0.1) is 0 Å². The number of hydrogen-bond donors (Lipinski definition) is 0. The van der Waals surface area contributed by atoms with Crippen molar-refractivity contribution < 1.29 is 28.4 Å². The lowest BCUT2D eigenvalue weighted by atomic mass is 9.68. The molecule has 3 rings (SSSR count). The first-order valence-corrected chi connectivity index (χ1v) is 9.51. The van der Waals surface area contributed by atoms with Crippen LogP contribution in [-0.4, -0.2) is 76.5 Å². The molecule has 8 heteroatoms. The van der Waals surface area contributed by atoms with Gasteiger partial charge in [-0.25, -0.2) is 9.97 Å². The van der Waals surface area contributed by atoms with E-state index in [0.717, 1.165) is 30.8 Å². The summed E-state index contributed by atoms with van der Waals surface area (Å²) in [5, 5.41) is 0. The van der Waals surface area contributed by atoms with Crippen LogP contribution < -0.4 is 0 Å². The zero-order valence-electron chi connectivity index (χ0n) is 16.2. The molecule has 27 heavy (non-hydrogen) atoms. The molecule has 8 nitrogen and oxygen atoms in total. The second-order valence-corrected chi connectivity index (χ2v) is 6.94. The molecule has 0 spiro atoms. The van der Waals surface area contributed by atoms with E-state index in [1.165, 1.54) is 0 Å². The van der Waals surface area contributed by atoms with E-state index in [0.29, 0.717) is 46.2 Å². The minimum Gasteiger partial charge on any atom is -0.378 e. The molecule has 0 aromatic carbocycles. The van der Waals surface area contributed by atoms with Crippen LogP contribution >= 0.6 is 0 Å². The molecule has 2 aliphatic rings. The molecule has 1 atom stereocenters. The fourth-order valence-corrected chi connectivity index (χ4v) is 3.37. The van der Waals surface area contributed by atoms with E-state index in [-0.39, 0.29) is 11.5 Å². The Balaban J connectivity index is 1.44. The standard InChI is InChI=1S/C19H30N2O6/c1-22-17(23-2)16-4-7-20-18(21-16)19(5-3-6-19)14-26-9-8-24-12-15-13-25-10-11-27-15/h4,7,15,17H,3,5-6,8-14H2,1-2H3/t15-/m0/s1. The Bertz CT molecular complexity index is 559. The van der Waals surface area contributed by atoms with Crippen LogP contribution in [-0.2, 0) is 33.8 Å². The first-order chi connectivity index (χ1) is 13.3. The number of methoxy groups -OCH3 is 2. The molecule has 0 bridgehead atoms. The molecule has 0 amide bonds. The third kappa shape index (κ3) is 5.43. The van der Waals surface area contributed by atoms with Crippen LogP contribution in [0.4, 0.5) is 0 Å². The smallest absolute Gasteiger partial charge is 0.200 e. The number of rotatable bonds is 11. The highest BCUT2D eigenvalue weighted by Crippen LogP contribution is 2.42. The average molecular weight is 382 g/mol. The normalized spacial score (nSPS) is 22.0. The van der Waals surface area contributed by atoms with Gasteiger partial charge in [0.25, 0.3) is 0 Å². The van der Waals surface area contributed by atoms with E-state index in [1.807, 2.05) is 6.07 Å². The third-order valence-corrected chi connectivity index (χ3v) is 5.07. The van der Waals surface area contributed by atoms with Crippen molar-refractivity contribution in [3.8, 4) is 0 Å². The lowest BCUT2D eigenvalue weighted by molar-refractivity contribution is -0.119. The van der Waals surface area contributed by atoms with Gasteiger partial charge in [-0.2, -0.15) is 0 Å². The second kappa shape index (κ2) is 10.4. The highest BCUT2D eigenvalue weighted by Gasteiger charge is 2.42. The van der Waals surface area contributed by atoms with Gasteiger partial charge >= 0.3 is 0 Å². The van der Waals surface area contributed by atoms with E-state index < -0.39 is 6.29 Å². The number of hydrogen-bond acceptors (Lipinski definition) is 8. The summed E-state index contributed by atoms with van der Waals surface area (Å²) >= 11 is 0. The molecule has 1 aliphatic carbocycles. The van der Waals surface area contributed by atoms with Gasteiger partial charge in [-0.3, -0.25) is 0 Å². The molecule has 0 radical (unpaired) electrons. The van der Waals surface area contributed by atoms with Gasteiger partial charge in [-0.05, 0) is 18.9 Å². The van der Waals surface area contributed by atoms with Crippen molar-refractivity contribution in [1.29, 1.82) is 0 Å². The van der Waals surface area contributed by atoms with E-state index >= 15 is 0 Å². The summed E-state index contributed by atoms with van der Waals surface area (Å²) in [7, 11) is 3.20. The van der Waals surface area contributed by atoms with Crippen molar-refractivity contribution in [1.82, 2.24) is 9.97 Å². The van der Waals surface area contributed by atoms with Crippen molar-refractivity contribution >= 4 is 0 Å². The number of aromatic nitrogens is 2. The maximum Gasteiger partial charge on any atom is 0.200 e. The summed E-state index contributed by atoms with van der Waals surface area (Å²) in [6.45, 7) is 4.10. The van der Waals surface area contributed by atoms with Gasteiger partial charge in [0.15, 0.2) is 0 Å². The van der Waals surface area contributed by atoms with E-state index in [2.05, 4.69) is 9.97 Å². The SMILES string of the molecule is COC(OC)c1ccnc(C2(COCCOC[C@H]3COCCO3)CCC2)n1. The quantitative estimate of drug-likeness (QED) is 0.422. The van der Waals surface area contributed by atoms with Crippen molar-refractivity contribution in [2.75, 3.05) is 60.5 Å². The third-order valence-electron chi connectivity index (χ3n) is 5.07. The van der Waals surface area contributed by atoms with Gasteiger partial charge in [-0.1, -0.05) is 6.42 Å². The second-order valence-electron chi connectivity index (χ2n) is 6.94. The highest BCUT2D eigenvalue weighted by molar-refractivity contribution is 5.16. The van der Waals surface area contributed by atoms with Crippen molar-refractivity contribution in [2.45, 2.75) is 37.1 Å². The van der Waals surface area contributed by atoms with Gasteiger partial charge < -0.3 is 28.4 Å². The van der Waals surface area contributed by atoms with Crippen LogP contribution in [0.5, 0.6) is 0 Å². The molecule has 1 aromatic rings. The molecular weight excluding hydrogens is 352 g/mol. The fourth-order valence-electron chi connectivity index (χ4n) is 3.37. The Hall–Kier alpha value is -1.16. The van der Waals surface area contributed by atoms with E-state index in [4.69, 9.17) is 28.4 Å². The Morgan fingerprint density at radius 2 is 2.00 bits per heavy atom. The predicted octanol–water partition coefficient (Wildman–Crippen LogP) is 1.64. The van der Waals surface area contributed by atoms with Crippen LogP contribution in [0.15, 0.2) is 12.3 Å². The molecule has 2 fully saturated rings. The summed E-state index contributed by atoms with van der Waals surface area (Å²) in [4.78, 5) is 9.18. The van der Waals surface area contributed by atoms with E-state index in [9.17, 15) is 0 Å². The van der Waals surface area contributed by atoms with Crippen LogP contribution in [0.3, 0.4) is 0 Å². The summed E-state index contributed by atoms with van der Waals surface area (Å²) in [6, 6.07) is 1.82. The average Bonchev–Trinajstić information content (AvgIpc) is 2.68. The lowest BCUT2D eigenvalue weighted by Crippen LogP contribution is -2.41. The molecule has 1 aromatic heterocycles. The Labute approximate surface area is 160 Å². The Kier molecular flexibility index (Phi) is 7.93. The molecule has 0 unspecified atom stereocenters. The van der Waals surface area contributed by atoms with Gasteiger partial charge in [0.2, 0.25) is 6.29 Å². The Morgan fingerprint density at radius 3 is 2.67 bits per heavy atom. The maximum absolute atomic E-state index is 5.90. The van der Waals surface area contributed by atoms with Gasteiger partial charge in [-0.15, -0.1) is 0 Å². The summed E-state index contributed by atoms with van der Waals surface area (Å²) in [5.74, 6) is 0.805. The van der Waals surface area contributed by atoms with Gasteiger partial charge in [0.05, 0.1) is 57.4 Å². The molecule has 2 heterocycles. The minimum absolute atomic E-state index is 0.0300. The molecule has 1 aliphatic heterocycles. The van der Waals surface area contributed by atoms with Crippen LogP contribution in [0.2, 0.25) is 0 Å². The number of nitrogens with zero attached hydrogens (tertiary/aromatic N) is 2. The van der Waals surface area contributed by atoms with Gasteiger partial charge in [0.1, 0.15) is 11.9 Å². The minimum atomic E-state index is -0.482. The number of ether oxygens (including phenoxy) is 6. The van der Waals surface area contributed by atoms with Crippen LogP contribution in [0.25, 0.3) is 0 Å². The van der Waals surface area contributed by atoms with Crippen molar-refractivity contribution in [2.24, 2.45) is 0 Å². The predicted molar refractivity (Wildman–Crippen MR) is 96.5 cm³/mol. The molecule has 152 valence electrons.